The van der Waals surface area contributed by atoms with E-state index in [1.165, 1.54) is 6.07 Å². The summed E-state index contributed by atoms with van der Waals surface area (Å²) >= 11 is 6.11. The molecule has 0 saturated heterocycles. The van der Waals surface area contributed by atoms with Crippen molar-refractivity contribution in [2.75, 3.05) is 0 Å². The number of halogens is 3. The van der Waals surface area contributed by atoms with Gasteiger partial charge in [0.25, 0.3) is 0 Å². The molecule has 1 nitrogen and oxygen atoms in total. The lowest BCUT2D eigenvalue weighted by Crippen LogP contribution is -1.98. The van der Waals surface area contributed by atoms with E-state index in [0.29, 0.717) is 22.5 Å². The van der Waals surface area contributed by atoms with Crippen molar-refractivity contribution in [2.24, 2.45) is 0 Å². The lowest BCUT2D eigenvalue weighted by molar-refractivity contribution is 0.515. The van der Waals surface area contributed by atoms with Crippen molar-refractivity contribution in [1.82, 2.24) is 4.98 Å². The molecule has 0 radical (unpaired) electrons. The number of rotatable bonds is 1. The molecule has 1 aromatic carbocycles. The fraction of sp³-hybridized carbons (Fsp3) is 0.250. The third-order valence-electron chi connectivity index (χ3n) is 2.65. The van der Waals surface area contributed by atoms with Crippen molar-refractivity contribution in [2.45, 2.75) is 20.3 Å². The molecule has 2 aromatic rings. The van der Waals surface area contributed by atoms with Gasteiger partial charge in [0.2, 0.25) is 0 Å². The predicted molar refractivity (Wildman–Crippen MR) is 60.8 cm³/mol. The first-order chi connectivity index (χ1) is 7.56. The topological polar surface area (TPSA) is 12.9 Å². The molecule has 84 valence electrons. The van der Waals surface area contributed by atoms with Crippen LogP contribution >= 0.6 is 11.6 Å². The molecule has 1 aromatic heterocycles. The molecule has 0 unspecified atom stereocenters. The summed E-state index contributed by atoms with van der Waals surface area (Å²) in [7, 11) is 0. The van der Waals surface area contributed by atoms with E-state index in [0.717, 1.165) is 11.6 Å². The molecule has 0 aliphatic rings. The number of aryl methyl sites for hydroxylation is 1. The Bertz CT molecular complexity index is 567. The zero-order valence-electron chi connectivity index (χ0n) is 8.94. The Hall–Kier alpha value is -1.22. The molecule has 0 aliphatic carbocycles. The molecular weight excluding hydrogens is 232 g/mol. The van der Waals surface area contributed by atoms with Gasteiger partial charge in [-0.3, -0.25) is 0 Å². The first-order valence-corrected chi connectivity index (χ1v) is 5.36. The summed E-state index contributed by atoms with van der Waals surface area (Å²) in [5, 5.41) is 0.899. The molecule has 1 heterocycles. The average molecular weight is 242 g/mol. The molecule has 0 fully saturated rings. The highest BCUT2D eigenvalue weighted by molar-refractivity contribution is 6.36. The van der Waals surface area contributed by atoms with E-state index in [1.807, 2.05) is 13.8 Å². The van der Waals surface area contributed by atoms with Crippen molar-refractivity contribution in [1.29, 1.82) is 0 Å². The molecule has 4 heteroatoms. The smallest absolute Gasteiger partial charge is 0.185 e. The van der Waals surface area contributed by atoms with Crippen LogP contribution in [-0.2, 0) is 6.42 Å². The number of hydrogen-bond acceptors (Lipinski definition) is 1. The first-order valence-electron chi connectivity index (χ1n) is 4.99. The summed E-state index contributed by atoms with van der Waals surface area (Å²) in [5.74, 6) is -1.84. The second-order valence-corrected chi connectivity index (χ2v) is 3.99. The molecule has 0 spiro atoms. The predicted octanol–water partition coefficient (Wildman–Crippen LogP) is 4.04. The minimum atomic E-state index is -0.936. The molecule has 0 bridgehead atoms. The standard InChI is InChI=1S/C12H10ClF2N/c1-3-9-6(2)10(13)7-4-5-8(14)11(15)12(7)16-9/h4-5H,3H2,1-2H3. The van der Waals surface area contributed by atoms with Crippen LogP contribution in [0.1, 0.15) is 18.2 Å². The van der Waals surface area contributed by atoms with E-state index in [2.05, 4.69) is 4.98 Å². The Morgan fingerprint density at radius 3 is 2.62 bits per heavy atom. The Morgan fingerprint density at radius 2 is 2.00 bits per heavy atom. The number of fused-ring (bicyclic) bond motifs is 1. The minimum Gasteiger partial charge on any atom is -0.249 e. The zero-order valence-corrected chi connectivity index (χ0v) is 9.70. The van der Waals surface area contributed by atoms with E-state index < -0.39 is 11.6 Å². The van der Waals surface area contributed by atoms with Crippen LogP contribution in [0.2, 0.25) is 5.02 Å². The van der Waals surface area contributed by atoms with Crippen LogP contribution in [0.4, 0.5) is 8.78 Å². The van der Waals surface area contributed by atoms with Crippen molar-refractivity contribution in [3.8, 4) is 0 Å². The van der Waals surface area contributed by atoms with Gasteiger partial charge in [-0.15, -0.1) is 0 Å². The Morgan fingerprint density at radius 1 is 1.31 bits per heavy atom. The number of pyridine rings is 1. The fourth-order valence-electron chi connectivity index (χ4n) is 1.72. The second kappa shape index (κ2) is 3.98. The van der Waals surface area contributed by atoms with Gasteiger partial charge in [-0.05, 0) is 31.0 Å². The molecular formula is C12H10ClF2N. The quantitative estimate of drug-likeness (QED) is 0.734. The third kappa shape index (κ3) is 1.55. The summed E-state index contributed by atoms with van der Waals surface area (Å²) in [6, 6.07) is 2.52. The fourth-order valence-corrected chi connectivity index (χ4v) is 1.98. The average Bonchev–Trinajstić information content (AvgIpc) is 2.28. The number of nitrogens with zero attached hydrogens (tertiary/aromatic N) is 1. The number of hydrogen-bond donors (Lipinski definition) is 0. The van der Waals surface area contributed by atoms with Crippen LogP contribution < -0.4 is 0 Å². The third-order valence-corrected chi connectivity index (χ3v) is 3.14. The van der Waals surface area contributed by atoms with Gasteiger partial charge in [0.15, 0.2) is 11.6 Å². The van der Waals surface area contributed by atoms with Gasteiger partial charge in [-0.25, -0.2) is 13.8 Å². The summed E-state index contributed by atoms with van der Waals surface area (Å²) in [5.41, 5.74) is 1.53. The normalized spacial score (nSPS) is 11.1. The van der Waals surface area contributed by atoms with Gasteiger partial charge in [0.1, 0.15) is 5.52 Å². The largest absolute Gasteiger partial charge is 0.249 e. The van der Waals surface area contributed by atoms with Crippen LogP contribution in [0.15, 0.2) is 12.1 Å². The van der Waals surface area contributed by atoms with E-state index in [9.17, 15) is 8.78 Å². The van der Waals surface area contributed by atoms with Gasteiger partial charge < -0.3 is 0 Å². The molecule has 2 rings (SSSR count). The van der Waals surface area contributed by atoms with Gasteiger partial charge >= 0.3 is 0 Å². The molecule has 0 amide bonds. The second-order valence-electron chi connectivity index (χ2n) is 3.61. The maximum Gasteiger partial charge on any atom is 0.185 e. The lowest BCUT2D eigenvalue weighted by atomic mass is 10.1. The molecule has 16 heavy (non-hydrogen) atoms. The van der Waals surface area contributed by atoms with E-state index in [1.54, 1.807) is 0 Å². The summed E-state index contributed by atoms with van der Waals surface area (Å²) in [6.07, 6.45) is 0.636. The number of benzene rings is 1. The van der Waals surface area contributed by atoms with Crippen LogP contribution in [0.3, 0.4) is 0 Å². The highest BCUT2D eigenvalue weighted by Gasteiger charge is 2.14. The van der Waals surface area contributed by atoms with Crippen molar-refractivity contribution in [3.05, 3.63) is 40.0 Å². The maximum atomic E-state index is 13.5. The van der Waals surface area contributed by atoms with E-state index >= 15 is 0 Å². The minimum absolute atomic E-state index is 0.00690. The van der Waals surface area contributed by atoms with Crippen LogP contribution in [0.25, 0.3) is 10.9 Å². The number of aromatic nitrogens is 1. The van der Waals surface area contributed by atoms with Gasteiger partial charge in [-0.2, -0.15) is 0 Å². The van der Waals surface area contributed by atoms with Crippen LogP contribution in [0.5, 0.6) is 0 Å². The Kier molecular flexibility index (Phi) is 2.80. The molecule has 0 saturated carbocycles. The molecule has 0 atom stereocenters. The highest BCUT2D eigenvalue weighted by Crippen LogP contribution is 2.30. The summed E-state index contributed by atoms with van der Waals surface area (Å²) in [6.45, 7) is 3.73. The van der Waals surface area contributed by atoms with Gasteiger partial charge in [0.05, 0.1) is 5.02 Å². The van der Waals surface area contributed by atoms with Gasteiger partial charge in [-0.1, -0.05) is 18.5 Å². The Labute approximate surface area is 97.1 Å². The van der Waals surface area contributed by atoms with Crippen LogP contribution in [0, 0.1) is 18.6 Å². The summed E-state index contributed by atoms with van der Waals surface area (Å²) < 4.78 is 26.6. The lowest BCUT2D eigenvalue weighted by Gasteiger charge is -2.09. The van der Waals surface area contributed by atoms with Crippen molar-refractivity contribution < 1.29 is 8.78 Å². The zero-order chi connectivity index (χ0) is 11.9. The van der Waals surface area contributed by atoms with Crippen LogP contribution in [-0.4, -0.2) is 4.98 Å². The van der Waals surface area contributed by atoms with E-state index in [4.69, 9.17) is 11.6 Å². The van der Waals surface area contributed by atoms with Crippen molar-refractivity contribution >= 4 is 22.5 Å². The maximum absolute atomic E-state index is 13.5. The molecule has 0 aliphatic heterocycles. The van der Waals surface area contributed by atoms with Crippen molar-refractivity contribution in [3.63, 3.8) is 0 Å². The SMILES string of the molecule is CCc1nc2c(F)c(F)ccc2c(Cl)c1C. The highest BCUT2D eigenvalue weighted by atomic mass is 35.5. The first kappa shape index (κ1) is 11.3. The Balaban J connectivity index is 2.93. The monoisotopic (exact) mass is 241 g/mol. The summed E-state index contributed by atoms with van der Waals surface area (Å²) in [4.78, 5) is 4.12. The molecule has 0 N–H and O–H groups in total. The van der Waals surface area contributed by atoms with E-state index in [-0.39, 0.29) is 5.52 Å². The van der Waals surface area contributed by atoms with Gasteiger partial charge in [0, 0.05) is 11.1 Å².